The van der Waals surface area contributed by atoms with E-state index in [1.54, 1.807) is 6.07 Å². The average molecular weight is 301 g/mol. The molecule has 1 aromatic rings. The highest BCUT2D eigenvalue weighted by Crippen LogP contribution is 2.19. The first-order chi connectivity index (χ1) is 8.69. The summed E-state index contributed by atoms with van der Waals surface area (Å²) in [6, 6.07) is 4.50. The van der Waals surface area contributed by atoms with Crippen molar-refractivity contribution in [3.8, 4) is 0 Å². The molecule has 0 aliphatic heterocycles. The number of rotatable bonds is 6. The van der Waals surface area contributed by atoms with Crippen LogP contribution < -0.4 is 5.73 Å². The molecule has 0 saturated carbocycles. The largest absolute Gasteiger partial charge is 0.398 e. The van der Waals surface area contributed by atoms with Gasteiger partial charge in [-0.15, -0.1) is 0 Å². The Morgan fingerprint density at radius 1 is 1.00 bits per heavy atom. The lowest BCUT2D eigenvalue weighted by Crippen LogP contribution is -2.05. The van der Waals surface area contributed by atoms with E-state index >= 15 is 0 Å². The maximum atomic E-state index is 11.5. The summed E-state index contributed by atoms with van der Waals surface area (Å²) in [7, 11) is -6.84. The quantitative estimate of drug-likeness (QED) is 0.801. The van der Waals surface area contributed by atoms with E-state index in [4.69, 9.17) is 5.73 Å². The van der Waals surface area contributed by atoms with Gasteiger partial charge in [0.15, 0.2) is 19.7 Å². The second kappa shape index (κ2) is 5.58. The van der Waals surface area contributed by atoms with Gasteiger partial charge in [0.05, 0.1) is 11.5 Å². The Kier molecular flexibility index (Phi) is 4.54. The first-order valence-electron chi connectivity index (χ1n) is 5.27. The standard InChI is InChI=1S/C12H15NO4S2/c1-3-18(14,15)8-10-5-6-12(13)11(7-10)9-19(16,17)4-2/h3-7H,1-2,8-9,13H2. The number of benzene rings is 1. The van der Waals surface area contributed by atoms with E-state index in [0.29, 0.717) is 16.8 Å². The van der Waals surface area contributed by atoms with Gasteiger partial charge in [-0.1, -0.05) is 25.3 Å². The molecule has 1 aromatic carbocycles. The Morgan fingerprint density at radius 2 is 1.53 bits per heavy atom. The molecule has 0 atom stereocenters. The molecule has 0 unspecified atom stereocenters. The van der Waals surface area contributed by atoms with Crippen molar-refractivity contribution in [2.75, 3.05) is 5.73 Å². The molecular weight excluding hydrogens is 286 g/mol. The van der Waals surface area contributed by atoms with Crippen molar-refractivity contribution in [1.82, 2.24) is 0 Å². The summed E-state index contributed by atoms with van der Waals surface area (Å²) >= 11 is 0. The molecule has 5 nitrogen and oxygen atoms in total. The normalized spacial score (nSPS) is 12.0. The van der Waals surface area contributed by atoms with E-state index in [-0.39, 0.29) is 11.5 Å². The van der Waals surface area contributed by atoms with E-state index < -0.39 is 19.7 Å². The maximum absolute atomic E-state index is 11.5. The van der Waals surface area contributed by atoms with Crippen molar-refractivity contribution in [2.45, 2.75) is 11.5 Å². The third kappa shape index (κ3) is 4.53. The fraction of sp³-hybridized carbons (Fsp3) is 0.167. The molecule has 0 aliphatic rings. The van der Waals surface area contributed by atoms with E-state index in [9.17, 15) is 16.8 Å². The van der Waals surface area contributed by atoms with Crippen LogP contribution in [0.1, 0.15) is 11.1 Å². The second-order valence-corrected chi connectivity index (χ2v) is 7.88. The van der Waals surface area contributed by atoms with Gasteiger partial charge < -0.3 is 5.73 Å². The predicted molar refractivity (Wildman–Crippen MR) is 76.5 cm³/mol. The lowest BCUT2D eigenvalue weighted by molar-refractivity contribution is 0.603. The Balaban J connectivity index is 3.15. The van der Waals surface area contributed by atoms with E-state index in [0.717, 1.165) is 10.8 Å². The number of hydrogen-bond acceptors (Lipinski definition) is 5. The molecule has 0 radical (unpaired) electrons. The highest BCUT2D eigenvalue weighted by atomic mass is 32.2. The summed E-state index contributed by atoms with van der Waals surface area (Å²) in [5, 5.41) is 1.71. The molecular formula is C12H15NO4S2. The summed E-state index contributed by atoms with van der Waals surface area (Å²) in [5.74, 6) is -0.539. The molecule has 0 spiro atoms. The zero-order valence-corrected chi connectivity index (χ0v) is 11.9. The van der Waals surface area contributed by atoms with Crippen molar-refractivity contribution < 1.29 is 16.8 Å². The third-order valence-corrected chi connectivity index (χ3v) is 4.90. The number of nitrogen functional groups attached to an aromatic ring is 1. The number of hydrogen-bond donors (Lipinski definition) is 1. The van der Waals surface area contributed by atoms with Gasteiger partial charge in [0, 0.05) is 16.5 Å². The zero-order valence-electron chi connectivity index (χ0n) is 10.2. The molecule has 0 aliphatic carbocycles. The van der Waals surface area contributed by atoms with Crippen LogP contribution >= 0.6 is 0 Å². The third-order valence-electron chi connectivity index (χ3n) is 2.44. The number of sulfone groups is 2. The lowest BCUT2D eigenvalue weighted by Gasteiger charge is -2.07. The van der Waals surface area contributed by atoms with E-state index in [2.05, 4.69) is 13.2 Å². The van der Waals surface area contributed by atoms with Crippen LogP contribution in [0.4, 0.5) is 5.69 Å². The molecule has 19 heavy (non-hydrogen) atoms. The topological polar surface area (TPSA) is 94.3 Å². The summed E-state index contributed by atoms with van der Waals surface area (Å²) in [6.07, 6.45) is 0. The number of nitrogens with two attached hydrogens (primary N) is 1. The SMILES string of the molecule is C=CS(=O)(=O)Cc1ccc(N)c(CS(=O)(=O)C=C)c1. The zero-order chi connectivity index (χ0) is 14.7. The fourth-order valence-electron chi connectivity index (χ4n) is 1.44. The Morgan fingerprint density at radius 3 is 2.05 bits per heavy atom. The molecule has 2 N–H and O–H groups in total. The fourth-order valence-corrected chi connectivity index (χ4v) is 3.00. The van der Waals surface area contributed by atoms with Crippen LogP contribution in [0.3, 0.4) is 0 Å². The van der Waals surface area contributed by atoms with Gasteiger partial charge in [-0.25, -0.2) is 16.8 Å². The smallest absolute Gasteiger partial charge is 0.175 e. The summed E-state index contributed by atoms with van der Waals surface area (Å²) in [4.78, 5) is 0. The van der Waals surface area contributed by atoms with Crippen molar-refractivity contribution >= 4 is 25.4 Å². The lowest BCUT2D eigenvalue weighted by atomic mass is 10.1. The van der Waals surface area contributed by atoms with Gasteiger partial charge in [-0.2, -0.15) is 0 Å². The first kappa shape index (κ1) is 15.5. The second-order valence-electron chi connectivity index (χ2n) is 3.98. The first-order valence-corrected chi connectivity index (χ1v) is 8.70. The van der Waals surface area contributed by atoms with Gasteiger partial charge in [-0.05, 0) is 17.2 Å². The molecule has 0 fully saturated rings. The van der Waals surface area contributed by atoms with Crippen LogP contribution in [-0.4, -0.2) is 16.8 Å². The summed E-state index contributed by atoms with van der Waals surface area (Å²) in [5.41, 5.74) is 6.80. The molecule has 7 heteroatoms. The van der Waals surface area contributed by atoms with Crippen LogP contribution in [0.5, 0.6) is 0 Å². The van der Waals surface area contributed by atoms with Crippen molar-refractivity contribution in [3.05, 3.63) is 53.3 Å². The average Bonchev–Trinajstić information content (AvgIpc) is 2.33. The Labute approximate surface area is 113 Å². The Bertz CT molecular complexity index is 703. The molecule has 0 aromatic heterocycles. The monoisotopic (exact) mass is 301 g/mol. The minimum atomic E-state index is -3.45. The highest BCUT2D eigenvalue weighted by Gasteiger charge is 2.13. The van der Waals surface area contributed by atoms with E-state index in [1.807, 2.05) is 0 Å². The molecule has 0 amide bonds. The van der Waals surface area contributed by atoms with Crippen LogP contribution in [0, 0.1) is 0 Å². The predicted octanol–water partition coefficient (Wildman–Crippen LogP) is 1.39. The molecule has 104 valence electrons. The highest BCUT2D eigenvalue weighted by molar-refractivity contribution is 7.93. The molecule has 0 bridgehead atoms. The number of anilines is 1. The van der Waals surface area contributed by atoms with Crippen molar-refractivity contribution in [2.24, 2.45) is 0 Å². The molecule has 1 rings (SSSR count). The molecule has 0 saturated heterocycles. The van der Waals surface area contributed by atoms with E-state index in [1.165, 1.54) is 12.1 Å². The van der Waals surface area contributed by atoms with Gasteiger partial charge in [0.25, 0.3) is 0 Å². The van der Waals surface area contributed by atoms with Crippen LogP contribution in [-0.2, 0) is 31.2 Å². The van der Waals surface area contributed by atoms with Gasteiger partial charge in [-0.3, -0.25) is 0 Å². The van der Waals surface area contributed by atoms with Crippen LogP contribution in [0.15, 0.2) is 42.2 Å². The van der Waals surface area contributed by atoms with Gasteiger partial charge >= 0.3 is 0 Å². The molecule has 0 heterocycles. The van der Waals surface area contributed by atoms with Crippen LogP contribution in [0.25, 0.3) is 0 Å². The Hall–Kier alpha value is -1.60. The van der Waals surface area contributed by atoms with Crippen molar-refractivity contribution in [3.63, 3.8) is 0 Å². The van der Waals surface area contributed by atoms with Gasteiger partial charge in [0.2, 0.25) is 0 Å². The summed E-state index contributed by atoms with van der Waals surface area (Å²) in [6.45, 7) is 6.43. The maximum Gasteiger partial charge on any atom is 0.175 e. The minimum Gasteiger partial charge on any atom is -0.398 e. The van der Waals surface area contributed by atoms with Crippen LogP contribution in [0.2, 0.25) is 0 Å². The van der Waals surface area contributed by atoms with Gasteiger partial charge in [0.1, 0.15) is 0 Å². The summed E-state index contributed by atoms with van der Waals surface area (Å²) < 4.78 is 45.8. The van der Waals surface area contributed by atoms with Crippen molar-refractivity contribution in [1.29, 1.82) is 0 Å². The minimum absolute atomic E-state index is 0.238.